The Bertz CT molecular complexity index is 1220. The maximum Gasteiger partial charge on any atom is 0.318 e. The molecular formula is C25H31N7O4. The molecule has 3 aromatic heterocycles. The first-order chi connectivity index (χ1) is 17.5. The molecule has 190 valence electrons. The number of pyridine rings is 1. The number of rotatable bonds is 8. The third-order valence-electron chi connectivity index (χ3n) is 6.88. The van der Waals surface area contributed by atoms with Crippen LogP contribution in [0.15, 0.2) is 24.4 Å². The summed E-state index contributed by atoms with van der Waals surface area (Å²) < 4.78 is 13.7. The summed E-state index contributed by atoms with van der Waals surface area (Å²) in [5.74, 6) is 0.433. The minimum atomic E-state index is -0.751. The van der Waals surface area contributed by atoms with E-state index < -0.39 is 5.97 Å². The van der Waals surface area contributed by atoms with E-state index in [2.05, 4.69) is 25.2 Å². The largest absolute Gasteiger partial charge is 0.489 e. The van der Waals surface area contributed by atoms with Gasteiger partial charge in [0.15, 0.2) is 0 Å². The topological polar surface area (TPSA) is 128 Å². The van der Waals surface area contributed by atoms with E-state index in [0.717, 1.165) is 37.4 Å². The van der Waals surface area contributed by atoms with Crippen molar-refractivity contribution in [1.82, 2.24) is 29.9 Å². The summed E-state index contributed by atoms with van der Waals surface area (Å²) in [6, 6.07) is 5.93. The molecule has 36 heavy (non-hydrogen) atoms. The average molecular weight is 494 g/mol. The Labute approximate surface area is 209 Å². The Kier molecular flexibility index (Phi) is 6.97. The molecule has 0 bridgehead atoms. The van der Waals surface area contributed by atoms with Crippen LogP contribution in [0.3, 0.4) is 0 Å². The van der Waals surface area contributed by atoms with Crippen LogP contribution in [-0.4, -0.2) is 60.2 Å². The van der Waals surface area contributed by atoms with E-state index in [-0.39, 0.29) is 18.6 Å². The van der Waals surface area contributed by atoms with Crippen molar-refractivity contribution in [2.24, 2.45) is 13.0 Å². The molecule has 1 saturated carbocycles. The van der Waals surface area contributed by atoms with Gasteiger partial charge in [0.25, 0.3) is 0 Å². The summed E-state index contributed by atoms with van der Waals surface area (Å²) in [7, 11) is 1.81. The molecule has 3 aromatic rings. The highest BCUT2D eigenvalue weighted by molar-refractivity contribution is 5.70. The van der Waals surface area contributed by atoms with Gasteiger partial charge >= 0.3 is 12.0 Å². The normalized spacial score (nSPS) is 19.9. The van der Waals surface area contributed by atoms with Crippen LogP contribution in [0.2, 0.25) is 0 Å². The predicted octanol–water partition coefficient (Wildman–Crippen LogP) is 3.18. The molecule has 2 fully saturated rings. The molecule has 0 radical (unpaired) electrons. The van der Waals surface area contributed by atoms with Crippen LogP contribution in [0.5, 0.6) is 11.8 Å². The van der Waals surface area contributed by atoms with Gasteiger partial charge in [0.05, 0.1) is 23.4 Å². The molecule has 11 heteroatoms. The lowest BCUT2D eigenvalue weighted by Gasteiger charge is -2.27. The molecule has 1 aliphatic heterocycles. The number of aryl methyl sites for hydroxylation is 2. The Balaban J connectivity index is 1.28. The maximum absolute atomic E-state index is 11.4. The van der Waals surface area contributed by atoms with Gasteiger partial charge in [0.1, 0.15) is 29.6 Å². The molecule has 11 nitrogen and oxygen atoms in total. The molecule has 2 aliphatic rings. The van der Waals surface area contributed by atoms with Crippen LogP contribution in [0.4, 0.5) is 5.82 Å². The molecule has 5 rings (SSSR count). The Morgan fingerprint density at radius 2 is 1.97 bits per heavy atom. The van der Waals surface area contributed by atoms with Crippen molar-refractivity contribution in [3.05, 3.63) is 35.8 Å². The highest BCUT2D eigenvalue weighted by atomic mass is 16.5. The second kappa shape index (κ2) is 10.5. The van der Waals surface area contributed by atoms with Crippen LogP contribution in [0.1, 0.15) is 49.9 Å². The van der Waals surface area contributed by atoms with Gasteiger partial charge in [-0.2, -0.15) is 4.98 Å². The zero-order valence-electron chi connectivity index (χ0n) is 20.6. The van der Waals surface area contributed by atoms with Gasteiger partial charge in [0.2, 0.25) is 0 Å². The molecule has 2 atom stereocenters. The number of aliphatic carboxylic acids is 1. The smallest absolute Gasteiger partial charge is 0.318 e. The number of carboxylic acid groups (broad SMARTS) is 1. The summed E-state index contributed by atoms with van der Waals surface area (Å²) in [4.78, 5) is 27.1. The third-order valence-corrected chi connectivity index (χ3v) is 6.88. The number of anilines is 1. The lowest BCUT2D eigenvalue weighted by Crippen LogP contribution is -2.29. The molecular weight excluding hydrogens is 462 g/mol. The number of nitrogens with zero attached hydrogens (tertiary/aromatic N) is 7. The third kappa shape index (κ3) is 5.24. The zero-order chi connectivity index (χ0) is 25.1. The van der Waals surface area contributed by atoms with Gasteiger partial charge < -0.3 is 19.5 Å². The lowest BCUT2D eigenvalue weighted by molar-refractivity contribution is -0.143. The molecule has 0 amide bonds. The highest BCUT2D eigenvalue weighted by Gasteiger charge is 2.28. The lowest BCUT2D eigenvalue weighted by atomic mass is 9.87. The van der Waals surface area contributed by atoms with E-state index in [0.29, 0.717) is 41.7 Å². The van der Waals surface area contributed by atoms with Crippen molar-refractivity contribution in [3.63, 3.8) is 0 Å². The second-order valence-corrected chi connectivity index (χ2v) is 9.41. The summed E-state index contributed by atoms with van der Waals surface area (Å²) >= 11 is 0. The fourth-order valence-corrected chi connectivity index (χ4v) is 4.85. The highest BCUT2D eigenvalue weighted by Crippen LogP contribution is 2.30. The molecule has 0 aromatic carbocycles. The molecule has 0 unspecified atom stereocenters. The van der Waals surface area contributed by atoms with Gasteiger partial charge in [0, 0.05) is 26.3 Å². The summed E-state index contributed by atoms with van der Waals surface area (Å²) in [6.07, 6.45) is 6.85. The molecule has 0 spiro atoms. The number of carboxylic acids is 1. The Morgan fingerprint density at radius 1 is 1.14 bits per heavy atom. The molecule has 1 aliphatic carbocycles. The van der Waals surface area contributed by atoms with Crippen LogP contribution in [0, 0.1) is 12.8 Å². The fourth-order valence-electron chi connectivity index (χ4n) is 4.85. The van der Waals surface area contributed by atoms with E-state index in [1.165, 1.54) is 12.8 Å². The van der Waals surface area contributed by atoms with Crippen molar-refractivity contribution in [2.75, 3.05) is 18.0 Å². The standard InChI is InChI=1S/C25H31N7O4/c1-16-21(36-18-7-5-6-17(14-18)24(33)34)9-8-19(27-16)23-20(31(2)30-29-23)15-35-25-26-11-10-22(28-25)32-12-3-4-13-32/h8-11,17-18H,3-7,12-15H2,1-2H3,(H,33,34)/t17-,18-/m0/s1. The van der Waals surface area contributed by atoms with Crippen molar-refractivity contribution < 1.29 is 19.4 Å². The van der Waals surface area contributed by atoms with Crippen molar-refractivity contribution in [3.8, 4) is 23.1 Å². The number of ether oxygens (including phenoxy) is 2. The summed E-state index contributed by atoms with van der Waals surface area (Å²) in [5.41, 5.74) is 2.74. The molecule has 4 heterocycles. The van der Waals surface area contributed by atoms with E-state index in [1.807, 2.05) is 32.2 Å². The van der Waals surface area contributed by atoms with E-state index in [4.69, 9.17) is 14.5 Å². The molecule has 1 saturated heterocycles. The number of hydrogen-bond acceptors (Lipinski definition) is 9. The summed E-state index contributed by atoms with van der Waals surface area (Å²) in [6.45, 7) is 4.07. The van der Waals surface area contributed by atoms with E-state index in [1.54, 1.807) is 10.9 Å². The first-order valence-corrected chi connectivity index (χ1v) is 12.4. The summed E-state index contributed by atoms with van der Waals surface area (Å²) in [5, 5.41) is 17.8. The minimum absolute atomic E-state index is 0.122. The van der Waals surface area contributed by atoms with Gasteiger partial charge in [-0.1, -0.05) is 5.21 Å². The van der Waals surface area contributed by atoms with Crippen LogP contribution < -0.4 is 14.4 Å². The van der Waals surface area contributed by atoms with Gasteiger partial charge in [-0.25, -0.2) is 14.6 Å². The average Bonchev–Trinajstić information content (AvgIpc) is 3.55. The first kappa shape index (κ1) is 24.0. The SMILES string of the molecule is Cc1nc(-c2nnn(C)c2COc2nccc(N3CCCC3)n2)ccc1O[C@H]1CCC[C@H](C(=O)O)C1. The number of hydrogen-bond donors (Lipinski definition) is 1. The van der Waals surface area contributed by atoms with Crippen molar-refractivity contribution in [1.29, 1.82) is 0 Å². The second-order valence-electron chi connectivity index (χ2n) is 9.41. The van der Waals surface area contributed by atoms with Crippen LogP contribution >= 0.6 is 0 Å². The number of aromatic nitrogens is 6. The zero-order valence-corrected chi connectivity index (χ0v) is 20.6. The fraction of sp³-hybridized carbons (Fsp3) is 0.520. The van der Waals surface area contributed by atoms with E-state index in [9.17, 15) is 9.90 Å². The minimum Gasteiger partial charge on any atom is -0.489 e. The van der Waals surface area contributed by atoms with E-state index >= 15 is 0 Å². The predicted molar refractivity (Wildman–Crippen MR) is 131 cm³/mol. The van der Waals surface area contributed by atoms with Gasteiger partial charge in [-0.15, -0.1) is 5.10 Å². The Hall–Kier alpha value is -3.76. The van der Waals surface area contributed by atoms with Crippen molar-refractivity contribution >= 4 is 11.8 Å². The number of carbonyl (C=O) groups is 1. The van der Waals surface area contributed by atoms with Crippen molar-refractivity contribution in [2.45, 2.75) is 58.2 Å². The quantitative estimate of drug-likeness (QED) is 0.499. The van der Waals surface area contributed by atoms with Gasteiger partial charge in [-0.3, -0.25) is 4.79 Å². The first-order valence-electron chi connectivity index (χ1n) is 12.4. The Morgan fingerprint density at radius 3 is 2.75 bits per heavy atom. The molecule has 1 N–H and O–H groups in total. The van der Waals surface area contributed by atoms with Crippen LogP contribution in [-0.2, 0) is 18.4 Å². The van der Waals surface area contributed by atoms with Gasteiger partial charge in [-0.05, 0) is 63.6 Å². The monoisotopic (exact) mass is 493 g/mol. The van der Waals surface area contributed by atoms with Crippen LogP contribution in [0.25, 0.3) is 11.4 Å². The maximum atomic E-state index is 11.4.